The third kappa shape index (κ3) is 4.71. The number of hydrogen-bond donors (Lipinski definition) is 2. The number of hydrogen-bond acceptors (Lipinski definition) is 5. The number of thiophene rings is 1. The molecule has 7 nitrogen and oxygen atoms in total. The van der Waals surface area contributed by atoms with Gasteiger partial charge in [0.2, 0.25) is 5.91 Å². The van der Waals surface area contributed by atoms with Crippen molar-refractivity contribution in [1.82, 2.24) is 0 Å². The predicted octanol–water partition coefficient (Wildman–Crippen LogP) is 0.833. The number of nitrogens with zero attached hydrogens (tertiary/aromatic N) is 1. The number of rotatable bonds is 6. The molecule has 1 saturated heterocycles. The van der Waals surface area contributed by atoms with E-state index in [-0.39, 0.29) is 17.7 Å². The van der Waals surface area contributed by atoms with Gasteiger partial charge in [-0.1, -0.05) is 6.07 Å². The molecule has 1 fully saturated rings. The number of amides is 2. The van der Waals surface area contributed by atoms with Gasteiger partial charge in [0.1, 0.15) is 13.2 Å². The number of primary amides is 1. The first kappa shape index (κ1) is 19.7. The van der Waals surface area contributed by atoms with Gasteiger partial charge in [0.25, 0.3) is 5.91 Å². The second kappa shape index (κ2) is 8.84. The minimum absolute atomic E-state index is 0.0233. The highest BCUT2D eigenvalue weighted by atomic mass is 32.1. The topological polar surface area (TPSA) is 86.3 Å². The molecule has 2 aromatic rings. The zero-order chi connectivity index (χ0) is 20.2. The molecule has 2 amide bonds. The van der Waals surface area contributed by atoms with E-state index in [0.717, 1.165) is 34.9 Å². The van der Waals surface area contributed by atoms with Crippen LogP contribution < -0.4 is 25.0 Å². The quantitative estimate of drug-likeness (QED) is 0.731. The Morgan fingerprint density at radius 2 is 2.03 bits per heavy atom. The van der Waals surface area contributed by atoms with E-state index in [9.17, 15) is 9.59 Å². The predicted molar refractivity (Wildman–Crippen MR) is 110 cm³/mol. The molecule has 3 heterocycles. The van der Waals surface area contributed by atoms with E-state index in [4.69, 9.17) is 15.2 Å². The lowest BCUT2D eigenvalue weighted by atomic mass is 9.97. The second-order valence-corrected chi connectivity index (χ2v) is 8.54. The number of nitrogens with two attached hydrogens (primary N) is 1. The zero-order valence-electron chi connectivity index (χ0n) is 16.3. The number of nitrogens with one attached hydrogen (secondary N) is 1. The summed E-state index contributed by atoms with van der Waals surface area (Å²) in [6.45, 7) is 3.37. The van der Waals surface area contributed by atoms with Crippen LogP contribution in [0.4, 0.5) is 5.69 Å². The van der Waals surface area contributed by atoms with E-state index >= 15 is 0 Å². The highest BCUT2D eigenvalue weighted by Crippen LogP contribution is 2.34. The summed E-state index contributed by atoms with van der Waals surface area (Å²) < 4.78 is 11.3. The normalized spacial score (nSPS) is 20.8. The summed E-state index contributed by atoms with van der Waals surface area (Å²) in [5.74, 6) is 0.977. The molecule has 8 heteroatoms. The maximum atomic E-state index is 13.3. The van der Waals surface area contributed by atoms with Crippen molar-refractivity contribution in [3.63, 3.8) is 0 Å². The van der Waals surface area contributed by atoms with E-state index in [1.807, 2.05) is 35.7 Å². The summed E-state index contributed by atoms with van der Waals surface area (Å²) in [5.41, 5.74) is 6.28. The summed E-state index contributed by atoms with van der Waals surface area (Å²) in [4.78, 5) is 28.9. The third-order valence-electron chi connectivity index (χ3n) is 5.45. The Morgan fingerprint density at radius 1 is 1.21 bits per heavy atom. The van der Waals surface area contributed by atoms with E-state index in [1.165, 1.54) is 0 Å². The fraction of sp³-hybridized carbons (Fsp3) is 0.429. The number of carbonyl (C=O) groups excluding carboxylic acids is 2. The largest absolute Gasteiger partial charge is 0.486 e. The summed E-state index contributed by atoms with van der Waals surface area (Å²) >= 11 is 1.62. The van der Waals surface area contributed by atoms with E-state index in [2.05, 4.69) is 0 Å². The van der Waals surface area contributed by atoms with Crippen molar-refractivity contribution in [2.45, 2.75) is 19.4 Å². The Kier molecular flexibility index (Phi) is 6.01. The van der Waals surface area contributed by atoms with Crippen LogP contribution in [0, 0.1) is 5.92 Å². The van der Waals surface area contributed by atoms with Crippen LogP contribution in [-0.2, 0) is 16.1 Å². The van der Waals surface area contributed by atoms with Crippen LogP contribution in [0.5, 0.6) is 11.5 Å². The Balaban J connectivity index is 1.54. The van der Waals surface area contributed by atoms with Gasteiger partial charge in [0, 0.05) is 16.6 Å². The maximum absolute atomic E-state index is 13.3. The molecule has 1 unspecified atom stereocenters. The first-order chi connectivity index (χ1) is 14.1. The second-order valence-electron chi connectivity index (χ2n) is 7.51. The summed E-state index contributed by atoms with van der Waals surface area (Å²) in [6, 6.07) is 9.64. The zero-order valence-corrected chi connectivity index (χ0v) is 17.1. The number of quaternary nitrogens is 1. The lowest BCUT2D eigenvalue weighted by molar-refractivity contribution is -0.899. The molecule has 29 heavy (non-hydrogen) atoms. The average Bonchev–Trinajstić information content (AvgIpc) is 3.25. The number of carbonyl (C=O) groups is 2. The highest BCUT2D eigenvalue weighted by Gasteiger charge is 2.30. The monoisotopic (exact) mass is 416 g/mol. The summed E-state index contributed by atoms with van der Waals surface area (Å²) in [7, 11) is 0. The van der Waals surface area contributed by atoms with E-state index < -0.39 is 0 Å². The van der Waals surface area contributed by atoms with Gasteiger partial charge in [-0.2, -0.15) is 0 Å². The molecule has 2 aliphatic rings. The first-order valence-electron chi connectivity index (χ1n) is 9.95. The smallest absolute Gasteiger partial charge is 0.282 e. The lowest BCUT2D eigenvalue weighted by Gasteiger charge is -2.30. The van der Waals surface area contributed by atoms with Crippen LogP contribution in [0.3, 0.4) is 0 Å². The van der Waals surface area contributed by atoms with Gasteiger partial charge in [-0.25, -0.2) is 0 Å². The number of piperidine rings is 1. The lowest BCUT2D eigenvalue weighted by Crippen LogP contribution is -3.15. The molecule has 0 radical (unpaired) electrons. The molecule has 1 aromatic heterocycles. The van der Waals surface area contributed by atoms with Crippen molar-refractivity contribution < 1.29 is 24.0 Å². The molecule has 1 aromatic carbocycles. The van der Waals surface area contributed by atoms with E-state index in [1.54, 1.807) is 16.2 Å². The van der Waals surface area contributed by atoms with Gasteiger partial charge in [-0.3, -0.25) is 9.59 Å². The van der Waals surface area contributed by atoms with Crippen LogP contribution in [-0.4, -0.2) is 44.7 Å². The van der Waals surface area contributed by atoms with Crippen LogP contribution in [0.1, 0.15) is 17.7 Å². The molecule has 4 rings (SSSR count). The van der Waals surface area contributed by atoms with Gasteiger partial charge >= 0.3 is 0 Å². The van der Waals surface area contributed by atoms with Crippen molar-refractivity contribution in [2.75, 3.05) is 37.7 Å². The number of likely N-dealkylation sites (tertiary alicyclic amines) is 1. The van der Waals surface area contributed by atoms with Crippen molar-refractivity contribution in [3.05, 3.63) is 40.6 Å². The Morgan fingerprint density at radius 3 is 2.79 bits per heavy atom. The van der Waals surface area contributed by atoms with Crippen molar-refractivity contribution in [1.29, 1.82) is 0 Å². The van der Waals surface area contributed by atoms with Gasteiger partial charge in [0.05, 0.1) is 25.6 Å². The number of benzene rings is 1. The molecule has 0 aliphatic carbocycles. The Labute approximate surface area is 174 Å². The van der Waals surface area contributed by atoms with Gasteiger partial charge in [-0.05, 0) is 36.4 Å². The minimum Gasteiger partial charge on any atom is -0.486 e. The van der Waals surface area contributed by atoms with E-state index in [0.29, 0.717) is 44.3 Å². The molecule has 0 bridgehead atoms. The fourth-order valence-corrected chi connectivity index (χ4v) is 4.64. The van der Waals surface area contributed by atoms with Crippen LogP contribution in [0.15, 0.2) is 35.7 Å². The molecule has 2 aliphatic heterocycles. The molecule has 0 spiro atoms. The first-order valence-corrected chi connectivity index (χ1v) is 10.8. The maximum Gasteiger partial charge on any atom is 0.282 e. The average molecular weight is 417 g/mol. The van der Waals surface area contributed by atoms with Gasteiger partial charge < -0.3 is 25.0 Å². The summed E-state index contributed by atoms with van der Waals surface area (Å²) in [6.07, 6.45) is 1.72. The van der Waals surface area contributed by atoms with Crippen LogP contribution in [0.25, 0.3) is 0 Å². The minimum atomic E-state index is -0.267. The fourth-order valence-electron chi connectivity index (χ4n) is 3.95. The van der Waals surface area contributed by atoms with Crippen molar-refractivity contribution >= 4 is 28.8 Å². The summed E-state index contributed by atoms with van der Waals surface area (Å²) in [5, 5.41) is 2.01. The number of anilines is 1. The molecule has 3 N–H and O–H groups in total. The Bertz CT molecular complexity index is 871. The highest BCUT2D eigenvalue weighted by molar-refractivity contribution is 7.09. The molecular formula is C21H26N3O4S+. The number of fused-ring (bicyclic) bond motifs is 1. The molecule has 2 atom stereocenters. The van der Waals surface area contributed by atoms with Crippen molar-refractivity contribution in [2.24, 2.45) is 11.7 Å². The standard InChI is InChI=1S/C21H25N3O4S/c22-21(26)15-3-1-7-23(12-15)14-20(25)24(13-17-4-2-10-29-17)16-5-6-18-19(11-16)28-9-8-27-18/h2,4-6,10-11,15H,1,3,7-9,12-14H2,(H2,22,26)/p+1/t15-/m0/s1. The number of ether oxygens (including phenoxy) is 2. The van der Waals surface area contributed by atoms with Gasteiger partial charge in [0.15, 0.2) is 18.0 Å². The van der Waals surface area contributed by atoms with Crippen molar-refractivity contribution in [3.8, 4) is 11.5 Å². The Hall–Kier alpha value is -2.58. The SMILES string of the molecule is NC(=O)[C@H]1CCC[NH+](CC(=O)N(Cc2cccs2)c2ccc3c(c2)OCCO3)C1. The third-order valence-corrected chi connectivity index (χ3v) is 6.32. The molecular weight excluding hydrogens is 390 g/mol. The van der Waals surface area contributed by atoms with Crippen LogP contribution in [0.2, 0.25) is 0 Å². The molecule has 154 valence electrons. The van der Waals surface area contributed by atoms with Crippen LogP contribution >= 0.6 is 11.3 Å². The van der Waals surface area contributed by atoms with Gasteiger partial charge in [-0.15, -0.1) is 11.3 Å². The molecule has 0 saturated carbocycles.